The average molecular weight is 413 g/mol. The van der Waals surface area contributed by atoms with Crippen molar-refractivity contribution in [2.75, 3.05) is 31.9 Å². The number of hydrogen-bond acceptors (Lipinski definition) is 4. The molecule has 26 heavy (non-hydrogen) atoms. The number of amides is 2. The van der Waals surface area contributed by atoms with Gasteiger partial charge < -0.3 is 9.80 Å². The van der Waals surface area contributed by atoms with E-state index in [1.165, 1.54) is 18.6 Å². The molecule has 4 nitrogen and oxygen atoms in total. The van der Waals surface area contributed by atoms with Gasteiger partial charge in [-0.15, -0.1) is 0 Å². The average Bonchev–Trinajstić information content (AvgIpc) is 3.19. The molecular weight excluding hydrogens is 388 g/mol. The molecule has 2 saturated heterocycles. The molecule has 0 N–H and O–H groups in total. The minimum atomic E-state index is 0.0145. The molecule has 0 spiro atoms. The van der Waals surface area contributed by atoms with Crippen molar-refractivity contribution >= 4 is 45.0 Å². The molecule has 142 valence electrons. The zero-order chi connectivity index (χ0) is 18.4. The quantitative estimate of drug-likeness (QED) is 0.514. The molecule has 2 aliphatic rings. The Morgan fingerprint density at radius 3 is 2.38 bits per heavy atom. The number of benzene rings is 1. The maximum atomic E-state index is 12.5. The molecule has 0 radical (unpaired) electrons. The van der Waals surface area contributed by atoms with Gasteiger partial charge in [-0.2, -0.15) is 0 Å². The van der Waals surface area contributed by atoms with Gasteiger partial charge in [-0.25, -0.2) is 0 Å². The van der Waals surface area contributed by atoms with Gasteiger partial charge in [-0.05, 0) is 43.5 Å². The van der Waals surface area contributed by atoms with Crippen LogP contribution in [0.25, 0.3) is 0 Å². The van der Waals surface area contributed by atoms with Gasteiger partial charge in [0.25, 0.3) is 5.91 Å². The lowest BCUT2D eigenvalue weighted by molar-refractivity contribution is -0.132. The first-order valence-corrected chi connectivity index (χ1v) is 12.0. The Balaban J connectivity index is 1.36. The smallest absolute Gasteiger partial charge is 0.253 e. The van der Waals surface area contributed by atoms with Crippen molar-refractivity contribution in [2.24, 2.45) is 0 Å². The zero-order valence-corrected chi connectivity index (χ0v) is 17.3. The monoisotopic (exact) mass is 412 g/mol. The Kier molecular flexibility index (Phi) is 7.58. The number of rotatable bonds is 6. The van der Waals surface area contributed by atoms with Crippen LogP contribution in [0.1, 0.15) is 42.5 Å². The molecule has 1 aromatic carbocycles. The Bertz CT molecular complexity index is 612. The summed E-state index contributed by atoms with van der Waals surface area (Å²) in [5.41, 5.74) is 0.650. The predicted octanol–water partition coefficient (Wildman–Crippen LogP) is 4.34. The maximum Gasteiger partial charge on any atom is 0.253 e. The van der Waals surface area contributed by atoms with Gasteiger partial charge in [-0.1, -0.05) is 39.6 Å². The highest BCUT2D eigenvalue weighted by Crippen LogP contribution is 2.39. The molecule has 1 aromatic rings. The van der Waals surface area contributed by atoms with E-state index in [2.05, 4.69) is 0 Å². The minimum Gasteiger partial charge on any atom is -0.339 e. The SMILES string of the molecule is O=C(CCCCC1CCSS1)N1CCN(C(=O)c2ccc(Cl)cc2)CC1. The molecule has 2 fully saturated rings. The van der Waals surface area contributed by atoms with Crippen LogP contribution >= 0.6 is 33.2 Å². The number of nitrogens with zero attached hydrogens (tertiary/aromatic N) is 2. The third-order valence-electron chi connectivity index (χ3n) is 4.90. The summed E-state index contributed by atoms with van der Waals surface area (Å²) >= 11 is 5.87. The van der Waals surface area contributed by atoms with Crippen LogP contribution in [-0.2, 0) is 4.79 Å². The van der Waals surface area contributed by atoms with Crippen LogP contribution in [0, 0.1) is 0 Å². The van der Waals surface area contributed by atoms with Crippen molar-refractivity contribution in [3.8, 4) is 0 Å². The van der Waals surface area contributed by atoms with Crippen molar-refractivity contribution < 1.29 is 9.59 Å². The third-order valence-corrected chi connectivity index (χ3v) is 8.16. The number of carbonyl (C=O) groups is 2. The molecule has 7 heteroatoms. The lowest BCUT2D eigenvalue weighted by atomic mass is 10.1. The molecule has 2 aliphatic heterocycles. The number of hydrogen-bond donors (Lipinski definition) is 0. The Hall–Kier alpha value is -0.850. The topological polar surface area (TPSA) is 40.6 Å². The van der Waals surface area contributed by atoms with E-state index in [4.69, 9.17) is 11.6 Å². The largest absolute Gasteiger partial charge is 0.339 e. The lowest BCUT2D eigenvalue weighted by Gasteiger charge is -2.35. The van der Waals surface area contributed by atoms with E-state index in [0.29, 0.717) is 43.2 Å². The van der Waals surface area contributed by atoms with Gasteiger partial charge in [0.2, 0.25) is 5.91 Å². The van der Waals surface area contributed by atoms with Crippen LogP contribution < -0.4 is 0 Å². The van der Waals surface area contributed by atoms with Gasteiger partial charge in [0.15, 0.2) is 0 Å². The van der Waals surface area contributed by atoms with Crippen LogP contribution in [0.2, 0.25) is 5.02 Å². The predicted molar refractivity (Wildman–Crippen MR) is 111 cm³/mol. The molecule has 2 heterocycles. The Morgan fingerprint density at radius 2 is 1.73 bits per heavy atom. The minimum absolute atomic E-state index is 0.0145. The highest BCUT2D eigenvalue weighted by Gasteiger charge is 2.24. The number of unbranched alkanes of at least 4 members (excludes halogenated alkanes) is 1. The van der Waals surface area contributed by atoms with Gasteiger partial charge in [0.1, 0.15) is 0 Å². The molecule has 1 unspecified atom stereocenters. The van der Waals surface area contributed by atoms with E-state index >= 15 is 0 Å². The van der Waals surface area contributed by atoms with Gasteiger partial charge in [0.05, 0.1) is 0 Å². The second-order valence-electron chi connectivity index (χ2n) is 6.75. The standard InChI is InChI=1S/C19H25ClN2O2S2/c20-16-7-5-15(6-8-16)19(24)22-12-10-21(11-13-22)18(23)4-2-1-3-17-9-14-25-26-17/h5-8,17H,1-4,9-14H2. The first-order chi connectivity index (χ1) is 12.6. The zero-order valence-electron chi connectivity index (χ0n) is 14.9. The van der Waals surface area contributed by atoms with Crippen molar-refractivity contribution in [3.05, 3.63) is 34.9 Å². The van der Waals surface area contributed by atoms with Crippen molar-refractivity contribution in [1.29, 1.82) is 0 Å². The Morgan fingerprint density at radius 1 is 1.04 bits per heavy atom. The fraction of sp³-hybridized carbons (Fsp3) is 0.579. The summed E-state index contributed by atoms with van der Waals surface area (Å²) in [6.07, 6.45) is 5.29. The molecule has 0 aromatic heterocycles. The van der Waals surface area contributed by atoms with Crippen LogP contribution in [-0.4, -0.2) is 58.8 Å². The fourth-order valence-corrected chi connectivity index (χ4v) is 6.46. The van der Waals surface area contributed by atoms with Gasteiger partial charge in [0, 0.05) is 54.2 Å². The summed E-state index contributed by atoms with van der Waals surface area (Å²) in [4.78, 5) is 28.6. The maximum absolute atomic E-state index is 12.5. The second-order valence-corrected chi connectivity index (χ2v) is 9.98. The summed E-state index contributed by atoms with van der Waals surface area (Å²) in [6.45, 7) is 2.47. The van der Waals surface area contributed by atoms with Crippen molar-refractivity contribution in [2.45, 2.75) is 37.4 Å². The number of carbonyl (C=O) groups excluding carboxylic acids is 2. The first-order valence-electron chi connectivity index (χ1n) is 9.24. The summed E-state index contributed by atoms with van der Waals surface area (Å²) in [6, 6.07) is 6.97. The van der Waals surface area contributed by atoms with Crippen LogP contribution in [0.3, 0.4) is 0 Å². The fourth-order valence-electron chi connectivity index (χ4n) is 3.30. The highest BCUT2D eigenvalue weighted by molar-refractivity contribution is 8.77. The van der Waals surface area contributed by atoms with E-state index in [0.717, 1.165) is 18.1 Å². The van der Waals surface area contributed by atoms with Gasteiger partial charge >= 0.3 is 0 Å². The van der Waals surface area contributed by atoms with E-state index in [1.807, 2.05) is 31.4 Å². The summed E-state index contributed by atoms with van der Waals surface area (Å²) in [5.74, 6) is 1.52. The lowest BCUT2D eigenvalue weighted by Crippen LogP contribution is -2.50. The van der Waals surface area contributed by atoms with Crippen molar-refractivity contribution in [1.82, 2.24) is 9.80 Å². The van der Waals surface area contributed by atoms with Crippen molar-refractivity contribution in [3.63, 3.8) is 0 Å². The Labute approximate surface area is 168 Å². The first kappa shape index (κ1) is 19.9. The number of halogens is 1. The molecular formula is C19H25ClN2O2S2. The highest BCUT2D eigenvalue weighted by atomic mass is 35.5. The van der Waals surface area contributed by atoms with E-state index in [-0.39, 0.29) is 11.8 Å². The van der Waals surface area contributed by atoms with E-state index < -0.39 is 0 Å². The number of piperazine rings is 1. The second kappa shape index (κ2) is 9.90. The molecule has 0 saturated carbocycles. The van der Waals surface area contributed by atoms with Crippen LogP contribution in [0.15, 0.2) is 24.3 Å². The summed E-state index contributed by atoms with van der Waals surface area (Å²) in [5, 5.41) is 1.42. The third kappa shape index (κ3) is 5.57. The van der Waals surface area contributed by atoms with E-state index in [1.54, 1.807) is 24.3 Å². The molecule has 0 bridgehead atoms. The van der Waals surface area contributed by atoms with Crippen LogP contribution in [0.5, 0.6) is 0 Å². The van der Waals surface area contributed by atoms with E-state index in [9.17, 15) is 9.59 Å². The van der Waals surface area contributed by atoms with Crippen LogP contribution in [0.4, 0.5) is 0 Å². The molecule has 3 rings (SSSR count). The summed E-state index contributed by atoms with van der Waals surface area (Å²) < 4.78 is 0. The summed E-state index contributed by atoms with van der Waals surface area (Å²) in [7, 11) is 3.98. The molecule has 2 amide bonds. The molecule has 1 atom stereocenters. The molecule has 0 aliphatic carbocycles. The normalized spacial score (nSPS) is 20.4. The van der Waals surface area contributed by atoms with Gasteiger partial charge in [-0.3, -0.25) is 9.59 Å².